The number of hydrogen-bond donors (Lipinski definition) is 0. The predicted molar refractivity (Wildman–Crippen MR) is 110 cm³/mol. The molecule has 0 bridgehead atoms. The van der Waals surface area contributed by atoms with Crippen LogP contribution in [0.1, 0.15) is 57.5 Å². The Morgan fingerprint density at radius 3 is 1.85 bits per heavy atom. The van der Waals surface area contributed by atoms with E-state index in [1.807, 2.05) is 36.4 Å². The second-order valence-corrected chi connectivity index (χ2v) is 13.3. The predicted octanol–water partition coefficient (Wildman–Crippen LogP) is 6.06. The quantitative estimate of drug-likeness (QED) is 0.419. The molecule has 0 aliphatic carbocycles. The normalized spacial score (nSPS) is 12.0. The summed E-state index contributed by atoms with van der Waals surface area (Å²) in [5.74, 6) is 0.996. The van der Waals surface area contributed by atoms with Gasteiger partial charge >= 0.3 is 0 Å². The van der Waals surface area contributed by atoms with Gasteiger partial charge in [-0.3, -0.25) is 9.78 Å². The Morgan fingerprint density at radius 2 is 1.38 bits per heavy atom. The van der Waals surface area contributed by atoms with Crippen molar-refractivity contribution in [2.45, 2.75) is 64.6 Å². The highest BCUT2D eigenvalue weighted by Gasteiger charge is 2.46. The molecule has 2 rings (SSSR count). The fourth-order valence-electron chi connectivity index (χ4n) is 4.05. The number of ketones is 1. The number of hydrogen-bond acceptors (Lipinski definition) is 3. The lowest BCUT2D eigenvalue weighted by atomic mass is 10.0. The SMILES string of the molecule is CC(C)[Si](Oc1ccc(C(=O)Cc2ccncc2)cc1)(C(C)C)C(C)C. The molecule has 0 spiro atoms. The van der Waals surface area contributed by atoms with Crippen molar-refractivity contribution < 1.29 is 9.22 Å². The summed E-state index contributed by atoms with van der Waals surface area (Å²) in [6.45, 7) is 13.7. The van der Waals surface area contributed by atoms with Gasteiger partial charge in [-0.2, -0.15) is 0 Å². The van der Waals surface area contributed by atoms with Gasteiger partial charge in [0.2, 0.25) is 0 Å². The first-order valence-electron chi connectivity index (χ1n) is 9.48. The van der Waals surface area contributed by atoms with Gasteiger partial charge < -0.3 is 4.43 Å². The Morgan fingerprint density at radius 1 is 0.885 bits per heavy atom. The zero-order chi connectivity index (χ0) is 19.3. The minimum absolute atomic E-state index is 0.114. The number of rotatable bonds is 8. The number of carbonyl (C=O) groups excluding carboxylic acids is 1. The van der Waals surface area contributed by atoms with Crippen molar-refractivity contribution in [2.75, 3.05) is 0 Å². The molecule has 0 amide bonds. The lowest BCUT2D eigenvalue weighted by Gasteiger charge is -2.42. The number of benzene rings is 1. The second kappa shape index (κ2) is 8.63. The summed E-state index contributed by atoms with van der Waals surface area (Å²) in [5, 5.41) is 0. The highest BCUT2D eigenvalue weighted by Crippen LogP contribution is 2.42. The van der Waals surface area contributed by atoms with Gasteiger partial charge in [0.1, 0.15) is 5.75 Å². The van der Waals surface area contributed by atoms with Gasteiger partial charge in [0, 0.05) is 24.4 Å². The molecule has 0 unspecified atom stereocenters. The number of Topliss-reactive ketones (excluding diaryl/α,β-unsaturated/α-hetero) is 1. The summed E-state index contributed by atoms with van der Waals surface area (Å²) in [5.41, 5.74) is 3.28. The van der Waals surface area contributed by atoms with Crippen LogP contribution in [0.15, 0.2) is 48.8 Å². The van der Waals surface area contributed by atoms with E-state index in [1.54, 1.807) is 12.4 Å². The Balaban J connectivity index is 2.17. The fraction of sp³-hybridized carbons (Fsp3) is 0.455. The van der Waals surface area contributed by atoms with Crippen LogP contribution in [0.3, 0.4) is 0 Å². The Kier molecular flexibility index (Phi) is 6.76. The molecule has 0 fully saturated rings. The molecular weight excluding hydrogens is 338 g/mol. The van der Waals surface area contributed by atoms with E-state index in [2.05, 4.69) is 46.5 Å². The molecule has 26 heavy (non-hydrogen) atoms. The first kappa shape index (κ1) is 20.4. The lowest BCUT2D eigenvalue weighted by Crippen LogP contribution is -2.50. The Bertz CT molecular complexity index is 687. The van der Waals surface area contributed by atoms with E-state index in [9.17, 15) is 4.79 Å². The monoisotopic (exact) mass is 369 g/mol. The number of carbonyl (C=O) groups is 1. The Labute approximate surface area is 159 Å². The first-order valence-corrected chi connectivity index (χ1v) is 11.6. The summed E-state index contributed by atoms with van der Waals surface area (Å²) in [6, 6.07) is 11.4. The lowest BCUT2D eigenvalue weighted by molar-refractivity contribution is 0.0993. The average molecular weight is 370 g/mol. The van der Waals surface area contributed by atoms with Crippen LogP contribution < -0.4 is 4.43 Å². The summed E-state index contributed by atoms with van der Waals surface area (Å²) in [4.78, 5) is 16.5. The summed E-state index contributed by atoms with van der Waals surface area (Å²) in [6.07, 6.45) is 3.83. The van der Waals surface area contributed by atoms with E-state index in [4.69, 9.17) is 4.43 Å². The van der Waals surface area contributed by atoms with Crippen molar-refractivity contribution in [1.82, 2.24) is 4.98 Å². The van der Waals surface area contributed by atoms with Crippen LogP contribution in [0, 0.1) is 0 Å². The highest BCUT2D eigenvalue weighted by atomic mass is 28.4. The summed E-state index contributed by atoms with van der Waals surface area (Å²) in [7, 11) is -1.97. The third-order valence-corrected chi connectivity index (χ3v) is 11.3. The number of aromatic nitrogens is 1. The molecule has 1 aromatic carbocycles. The third kappa shape index (κ3) is 4.42. The molecule has 0 saturated carbocycles. The zero-order valence-electron chi connectivity index (χ0n) is 16.8. The third-order valence-electron chi connectivity index (χ3n) is 5.29. The van der Waals surface area contributed by atoms with E-state index in [-0.39, 0.29) is 5.78 Å². The Hall–Kier alpha value is -1.94. The minimum atomic E-state index is -1.97. The smallest absolute Gasteiger partial charge is 0.258 e. The molecule has 0 N–H and O–H groups in total. The van der Waals surface area contributed by atoms with Crippen LogP contribution in [-0.2, 0) is 6.42 Å². The topological polar surface area (TPSA) is 39.2 Å². The second-order valence-electron chi connectivity index (χ2n) is 7.90. The van der Waals surface area contributed by atoms with Crippen LogP contribution in [0.2, 0.25) is 16.6 Å². The van der Waals surface area contributed by atoms with Crippen LogP contribution in [0.4, 0.5) is 0 Å². The van der Waals surface area contributed by atoms with Gasteiger partial charge in [0.25, 0.3) is 8.32 Å². The standard InChI is InChI=1S/C22H31NO2Si/c1-16(2)26(17(3)4,18(5)6)25-21-9-7-20(8-10-21)22(24)15-19-11-13-23-14-12-19/h7-14,16-18H,15H2,1-6H3. The zero-order valence-corrected chi connectivity index (χ0v) is 17.8. The maximum atomic E-state index is 12.5. The molecule has 0 aliphatic rings. The van der Waals surface area contributed by atoms with E-state index in [1.165, 1.54) is 0 Å². The average Bonchev–Trinajstić information content (AvgIpc) is 2.60. The molecule has 140 valence electrons. The van der Waals surface area contributed by atoms with Crippen LogP contribution in [0.25, 0.3) is 0 Å². The first-order chi connectivity index (χ1) is 12.3. The van der Waals surface area contributed by atoms with Crippen LogP contribution >= 0.6 is 0 Å². The molecule has 1 aromatic heterocycles. The van der Waals surface area contributed by atoms with Crippen molar-refractivity contribution in [3.05, 3.63) is 59.9 Å². The summed E-state index contributed by atoms with van der Waals surface area (Å²) >= 11 is 0. The molecule has 0 radical (unpaired) electrons. The van der Waals surface area contributed by atoms with Gasteiger partial charge in [0.05, 0.1) is 0 Å². The molecule has 0 aliphatic heterocycles. The molecular formula is C22H31NO2Si. The minimum Gasteiger partial charge on any atom is -0.543 e. The largest absolute Gasteiger partial charge is 0.543 e. The molecule has 2 aromatic rings. The van der Waals surface area contributed by atoms with Gasteiger partial charge in [-0.25, -0.2) is 0 Å². The van der Waals surface area contributed by atoms with E-state index in [0.717, 1.165) is 16.9 Å². The van der Waals surface area contributed by atoms with Gasteiger partial charge in [-0.15, -0.1) is 0 Å². The van der Waals surface area contributed by atoms with Crippen LogP contribution in [0.5, 0.6) is 5.75 Å². The summed E-state index contributed by atoms with van der Waals surface area (Å²) < 4.78 is 6.66. The van der Waals surface area contributed by atoms with Gasteiger partial charge in [-0.1, -0.05) is 41.5 Å². The van der Waals surface area contributed by atoms with Crippen LogP contribution in [-0.4, -0.2) is 19.1 Å². The van der Waals surface area contributed by atoms with Crippen molar-refractivity contribution in [3.8, 4) is 5.75 Å². The fourth-order valence-corrected chi connectivity index (χ4v) is 9.31. The highest BCUT2D eigenvalue weighted by molar-refractivity contribution is 6.78. The van der Waals surface area contributed by atoms with Crippen molar-refractivity contribution in [2.24, 2.45) is 0 Å². The maximum absolute atomic E-state index is 12.5. The molecule has 1 heterocycles. The van der Waals surface area contributed by atoms with Crippen molar-refractivity contribution in [3.63, 3.8) is 0 Å². The number of nitrogens with zero attached hydrogens (tertiary/aromatic N) is 1. The number of pyridine rings is 1. The van der Waals surface area contributed by atoms with Gasteiger partial charge in [0.15, 0.2) is 5.78 Å². The molecule has 3 nitrogen and oxygen atoms in total. The molecule has 0 saturated heterocycles. The van der Waals surface area contributed by atoms with Crippen molar-refractivity contribution >= 4 is 14.1 Å². The molecule has 4 heteroatoms. The maximum Gasteiger partial charge on any atom is 0.258 e. The van der Waals surface area contributed by atoms with E-state index >= 15 is 0 Å². The van der Waals surface area contributed by atoms with E-state index < -0.39 is 8.32 Å². The van der Waals surface area contributed by atoms with Gasteiger partial charge in [-0.05, 0) is 58.6 Å². The van der Waals surface area contributed by atoms with Crippen molar-refractivity contribution in [1.29, 1.82) is 0 Å². The molecule has 0 atom stereocenters. The van der Waals surface area contributed by atoms with E-state index in [0.29, 0.717) is 23.0 Å².